The quantitative estimate of drug-likeness (QED) is 0.235. The zero-order chi connectivity index (χ0) is 29.9. The molecule has 1 amide bonds. The highest BCUT2D eigenvalue weighted by Crippen LogP contribution is 2.30. The first-order chi connectivity index (χ1) is 21.0. The Hall–Kier alpha value is -5.18. The monoisotopic (exact) mass is 578 g/mol. The Balaban J connectivity index is 1.30. The van der Waals surface area contributed by atoms with Crippen LogP contribution in [-0.2, 0) is 6.67 Å². The van der Waals surface area contributed by atoms with Crippen molar-refractivity contribution in [3.63, 3.8) is 0 Å². The van der Waals surface area contributed by atoms with Crippen molar-refractivity contribution in [1.29, 1.82) is 0 Å². The fourth-order valence-corrected chi connectivity index (χ4v) is 5.60. The number of fused-ring (bicyclic) bond motifs is 1. The van der Waals surface area contributed by atoms with Gasteiger partial charge in [-0.2, -0.15) is 0 Å². The average Bonchev–Trinajstić information content (AvgIpc) is 3.49. The van der Waals surface area contributed by atoms with E-state index in [-0.39, 0.29) is 17.3 Å². The lowest BCUT2D eigenvalue weighted by Gasteiger charge is -2.36. The van der Waals surface area contributed by atoms with Gasteiger partial charge in [0.2, 0.25) is 5.82 Å². The number of halogens is 1. The number of nitrogens with zero attached hydrogens (tertiary/aromatic N) is 4. The third-order valence-corrected chi connectivity index (χ3v) is 7.75. The topological polar surface area (TPSA) is 87.9 Å². The molecule has 9 heteroatoms. The van der Waals surface area contributed by atoms with E-state index in [1.807, 2.05) is 67.6 Å². The van der Waals surface area contributed by atoms with Crippen LogP contribution in [0.4, 0.5) is 10.1 Å². The SMILES string of the molecule is CCOc1cccc(-n2cc(-c3ccccc3CF)nc2C(=O)N2CCN(c3cc(C(=O)O)c4ccccc4c3)CC2)c1. The van der Waals surface area contributed by atoms with E-state index in [0.29, 0.717) is 66.4 Å². The van der Waals surface area contributed by atoms with E-state index in [2.05, 4.69) is 4.90 Å². The van der Waals surface area contributed by atoms with Crippen LogP contribution >= 0.6 is 0 Å². The van der Waals surface area contributed by atoms with Crippen LogP contribution in [-0.4, -0.2) is 64.2 Å². The van der Waals surface area contributed by atoms with Crippen LogP contribution in [0.15, 0.2) is 91.1 Å². The van der Waals surface area contributed by atoms with Crippen LogP contribution in [0.1, 0.15) is 33.5 Å². The van der Waals surface area contributed by atoms with Gasteiger partial charge in [0.1, 0.15) is 12.4 Å². The van der Waals surface area contributed by atoms with Gasteiger partial charge in [0.15, 0.2) is 0 Å². The average molecular weight is 579 g/mol. The summed E-state index contributed by atoms with van der Waals surface area (Å²) in [6.45, 7) is 3.68. The van der Waals surface area contributed by atoms with Crippen molar-refractivity contribution >= 4 is 28.3 Å². The predicted molar refractivity (Wildman–Crippen MR) is 164 cm³/mol. The molecule has 0 radical (unpaired) electrons. The maximum Gasteiger partial charge on any atom is 0.336 e. The lowest BCUT2D eigenvalue weighted by Crippen LogP contribution is -2.49. The smallest absolute Gasteiger partial charge is 0.336 e. The molecule has 43 heavy (non-hydrogen) atoms. The molecule has 1 aliphatic heterocycles. The number of carbonyl (C=O) groups excluding carboxylic acids is 1. The number of amides is 1. The minimum Gasteiger partial charge on any atom is -0.494 e. The number of benzene rings is 4. The van der Waals surface area contributed by atoms with E-state index in [0.717, 1.165) is 11.1 Å². The van der Waals surface area contributed by atoms with Gasteiger partial charge in [0.05, 0.1) is 23.6 Å². The van der Waals surface area contributed by atoms with E-state index >= 15 is 0 Å². The maximum atomic E-state index is 14.0. The molecule has 1 aromatic heterocycles. The molecule has 0 unspecified atom stereocenters. The molecular weight excluding hydrogens is 547 g/mol. The molecular formula is C34H31FN4O4. The summed E-state index contributed by atoms with van der Waals surface area (Å²) in [5.74, 6) is -0.320. The number of imidazole rings is 1. The molecule has 4 aromatic carbocycles. The lowest BCUT2D eigenvalue weighted by molar-refractivity contribution is 0.0697. The summed E-state index contributed by atoms with van der Waals surface area (Å²) in [4.78, 5) is 34.6. The minimum atomic E-state index is -0.975. The van der Waals surface area contributed by atoms with E-state index in [4.69, 9.17) is 9.72 Å². The second-order valence-corrected chi connectivity index (χ2v) is 10.3. The number of aromatic carboxylic acids is 1. The standard InChI is InChI=1S/C34H31FN4O4/c1-2-43-27-11-7-10-25(19-27)39-22-31(29-13-6-4-9-24(29)21-35)36-32(39)33(40)38-16-14-37(15-17-38)26-18-23-8-3-5-12-28(23)30(20-26)34(41)42/h3-13,18-20,22H,2,14-17,21H2,1H3,(H,41,42). The lowest BCUT2D eigenvalue weighted by atomic mass is 10.0. The van der Waals surface area contributed by atoms with Crippen molar-refractivity contribution < 1.29 is 23.8 Å². The number of aromatic nitrogens is 2. The maximum absolute atomic E-state index is 14.0. The third-order valence-electron chi connectivity index (χ3n) is 7.75. The highest BCUT2D eigenvalue weighted by molar-refractivity contribution is 6.05. The number of rotatable bonds is 8. The van der Waals surface area contributed by atoms with Crippen LogP contribution in [0.5, 0.6) is 5.75 Å². The molecule has 5 aromatic rings. The normalized spacial score (nSPS) is 13.3. The molecule has 1 N–H and O–H groups in total. The van der Waals surface area contributed by atoms with Crippen molar-refractivity contribution in [2.45, 2.75) is 13.6 Å². The Bertz CT molecular complexity index is 1810. The first-order valence-corrected chi connectivity index (χ1v) is 14.2. The molecule has 0 aliphatic carbocycles. The summed E-state index contributed by atoms with van der Waals surface area (Å²) in [5, 5.41) is 11.4. The number of anilines is 1. The fraction of sp³-hybridized carbons (Fsp3) is 0.206. The van der Waals surface area contributed by atoms with Gasteiger partial charge in [-0.15, -0.1) is 0 Å². The number of carboxylic acids is 1. The van der Waals surface area contributed by atoms with Gasteiger partial charge in [-0.25, -0.2) is 14.2 Å². The summed E-state index contributed by atoms with van der Waals surface area (Å²) in [7, 11) is 0. The van der Waals surface area contributed by atoms with Gasteiger partial charge >= 0.3 is 5.97 Å². The van der Waals surface area contributed by atoms with Gasteiger partial charge in [0.25, 0.3) is 5.91 Å². The van der Waals surface area contributed by atoms with Gasteiger partial charge in [0, 0.05) is 49.7 Å². The predicted octanol–water partition coefficient (Wildman–Crippen LogP) is 6.22. The summed E-state index contributed by atoms with van der Waals surface area (Å²) in [6.07, 6.45) is 1.77. The zero-order valence-electron chi connectivity index (χ0n) is 23.7. The molecule has 0 spiro atoms. The summed E-state index contributed by atoms with van der Waals surface area (Å²) in [5.41, 5.74) is 3.41. The van der Waals surface area contributed by atoms with E-state index in [1.54, 1.807) is 39.9 Å². The van der Waals surface area contributed by atoms with Crippen LogP contribution in [0.3, 0.4) is 0 Å². The second-order valence-electron chi connectivity index (χ2n) is 10.3. The number of hydrogen-bond donors (Lipinski definition) is 1. The molecule has 1 aliphatic rings. The highest BCUT2D eigenvalue weighted by Gasteiger charge is 2.28. The number of alkyl halides is 1. The minimum absolute atomic E-state index is 0.227. The molecule has 8 nitrogen and oxygen atoms in total. The van der Waals surface area contributed by atoms with Gasteiger partial charge in [-0.05, 0) is 47.5 Å². The largest absolute Gasteiger partial charge is 0.494 e. The Morgan fingerprint density at radius 1 is 0.907 bits per heavy atom. The van der Waals surface area contributed by atoms with Crippen LogP contribution in [0, 0.1) is 0 Å². The van der Waals surface area contributed by atoms with Crippen LogP contribution in [0.2, 0.25) is 0 Å². The van der Waals surface area contributed by atoms with Crippen LogP contribution < -0.4 is 9.64 Å². The van der Waals surface area contributed by atoms with Gasteiger partial charge in [-0.1, -0.05) is 54.6 Å². The number of piperazine rings is 1. The molecule has 1 saturated heterocycles. The Morgan fingerprint density at radius 2 is 1.67 bits per heavy atom. The summed E-state index contributed by atoms with van der Waals surface area (Å²) < 4.78 is 21.3. The highest BCUT2D eigenvalue weighted by atomic mass is 19.1. The first-order valence-electron chi connectivity index (χ1n) is 14.2. The van der Waals surface area contributed by atoms with Crippen molar-refractivity contribution in [2.75, 3.05) is 37.7 Å². The molecule has 0 atom stereocenters. The second kappa shape index (κ2) is 12.0. The number of hydrogen-bond acceptors (Lipinski definition) is 5. The van der Waals surface area contributed by atoms with Crippen molar-refractivity contribution in [2.24, 2.45) is 0 Å². The van der Waals surface area contributed by atoms with Crippen molar-refractivity contribution in [3.8, 4) is 22.7 Å². The fourth-order valence-electron chi connectivity index (χ4n) is 5.60. The Kier molecular flexibility index (Phi) is 7.79. The number of carboxylic acid groups (broad SMARTS) is 1. The third kappa shape index (κ3) is 5.53. The molecule has 1 fully saturated rings. The van der Waals surface area contributed by atoms with Crippen molar-refractivity contribution in [3.05, 3.63) is 108 Å². The number of carbonyl (C=O) groups is 2. The zero-order valence-corrected chi connectivity index (χ0v) is 23.7. The molecule has 0 bridgehead atoms. The summed E-state index contributed by atoms with van der Waals surface area (Å²) >= 11 is 0. The Morgan fingerprint density at radius 3 is 2.44 bits per heavy atom. The van der Waals surface area contributed by atoms with Crippen molar-refractivity contribution in [1.82, 2.24) is 14.5 Å². The Labute approximate surface area is 248 Å². The molecule has 218 valence electrons. The van der Waals surface area contributed by atoms with E-state index in [9.17, 15) is 19.1 Å². The van der Waals surface area contributed by atoms with E-state index in [1.165, 1.54) is 0 Å². The van der Waals surface area contributed by atoms with Gasteiger partial charge < -0.3 is 19.6 Å². The molecule has 0 saturated carbocycles. The van der Waals surface area contributed by atoms with Gasteiger partial charge in [-0.3, -0.25) is 9.36 Å². The number of ether oxygens (including phenoxy) is 1. The molecule has 2 heterocycles. The van der Waals surface area contributed by atoms with E-state index < -0.39 is 12.6 Å². The first kappa shape index (κ1) is 28.0. The summed E-state index contributed by atoms with van der Waals surface area (Å²) in [6, 6.07) is 25.7. The molecule has 6 rings (SSSR count). The van der Waals surface area contributed by atoms with Crippen LogP contribution in [0.25, 0.3) is 27.7 Å².